The molecule has 0 saturated carbocycles. The minimum Gasteiger partial charge on any atom is -0.353 e. The number of rotatable bonds is 0. The molecule has 1 saturated heterocycles. The molecule has 11 heavy (non-hydrogen) atoms. The summed E-state index contributed by atoms with van der Waals surface area (Å²) in [4.78, 5) is 0. The summed E-state index contributed by atoms with van der Waals surface area (Å²) in [5, 5.41) is 2.80. The number of ether oxygens (including phenoxy) is 1. The molecule has 0 amide bonds. The lowest BCUT2D eigenvalue weighted by molar-refractivity contribution is 0.0501. The van der Waals surface area contributed by atoms with Crippen LogP contribution in [-0.4, -0.2) is 22.3 Å². The second kappa shape index (κ2) is 3.24. The van der Waals surface area contributed by atoms with Crippen molar-refractivity contribution >= 4 is 34.8 Å². The highest BCUT2D eigenvalue weighted by atomic mass is 35.6. The molecular formula is C5H9Cl3N2O. The Morgan fingerprint density at radius 1 is 1.45 bits per heavy atom. The third-order valence-corrected chi connectivity index (χ3v) is 2.09. The minimum absolute atomic E-state index is 0.129. The van der Waals surface area contributed by atoms with Crippen LogP contribution in [-0.2, 0) is 4.74 Å². The summed E-state index contributed by atoms with van der Waals surface area (Å²) in [5.41, 5.74) is 5.55. The van der Waals surface area contributed by atoms with Gasteiger partial charge in [0.05, 0.1) is 12.3 Å². The van der Waals surface area contributed by atoms with Crippen LogP contribution in [0.4, 0.5) is 0 Å². The van der Waals surface area contributed by atoms with Gasteiger partial charge in [-0.3, -0.25) is 5.32 Å². The first-order valence-corrected chi connectivity index (χ1v) is 4.28. The first-order chi connectivity index (χ1) is 4.91. The molecule has 6 heteroatoms. The van der Waals surface area contributed by atoms with E-state index < -0.39 is 10.0 Å². The zero-order chi connectivity index (χ0) is 8.65. The Morgan fingerprint density at radius 2 is 2.00 bits per heavy atom. The Bertz CT molecular complexity index is 139. The van der Waals surface area contributed by atoms with Gasteiger partial charge in [0.25, 0.3) is 0 Å². The number of hydrogen-bond donors (Lipinski definition) is 2. The third kappa shape index (κ3) is 2.34. The molecule has 0 aromatic heterocycles. The van der Waals surface area contributed by atoms with Crippen LogP contribution in [0, 0.1) is 0 Å². The second-order valence-electron chi connectivity index (χ2n) is 2.46. The van der Waals surface area contributed by atoms with E-state index in [1.165, 1.54) is 0 Å². The summed E-state index contributed by atoms with van der Waals surface area (Å²) in [6.07, 6.45) is -1.01. The number of alkyl halides is 3. The molecule has 3 nitrogen and oxygen atoms in total. The quantitative estimate of drug-likeness (QED) is 0.597. The van der Waals surface area contributed by atoms with Gasteiger partial charge in [0, 0.05) is 0 Å². The third-order valence-electron chi connectivity index (χ3n) is 1.50. The largest absolute Gasteiger partial charge is 0.353 e. The van der Waals surface area contributed by atoms with Gasteiger partial charge in [-0.15, -0.1) is 0 Å². The van der Waals surface area contributed by atoms with E-state index in [0.717, 1.165) is 0 Å². The molecule has 66 valence electrons. The van der Waals surface area contributed by atoms with Crippen molar-refractivity contribution in [1.29, 1.82) is 0 Å². The fourth-order valence-electron chi connectivity index (χ4n) is 0.821. The Morgan fingerprint density at radius 3 is 2.18 bits per heavy atom. The van der Waals surface area contributed by atoms with Gasteiger partial charge in [0.15, 0.2) is 6.23 Å². The van der Waals surface area contributed by atoms with Gasteiger partial charge >= 0.3 is 0 Å². The number of hydrogen-bond acceptors (Lipinski definition) is 3. The molecule has 1 rings (SSSR count). The van der Waals surface area contributed by atoms with E-state index >= 15 is 0 Å². The van der Waals surface area contributed by atoms with Crippen molar-refractivity contribution in [3.05, 3.63) is 0 Å². The predicted octanol–water partition coefficient (Wildman–Crippen LogP) is 0.976. The standard InChI is InChI=1S/C5H9Cl3N2O/c1-2-3(9)10-4(11-2)5(6,7)8/h2-4,10H,9H2,1H3. The van der Waals surface area contributed by atoms with E-state index in [9.17, 15) is 0 Å². The van der Waals surface area contributed by atoms with E-state index in [2.05, 4.69) is 5.32 Å². The average Bonchev–Trinajstić information content (AvgIpc) is 2.11. The summed E-state index contributed by atoms with van der Waals surface area (Å²) >= 11 is 16.7. The number of nitrogens with two attached hydrogens (primary N) is 1. The fourth-order valence-corrected chi connectivity index (χ4v) is 1.16. The molecule has 0 aromatic carbocycles. The average molecular weight is 219 g/mol. The second-order valence-corrected chi connectivity index (χ2v) is 4.82. The van der Waals surface area contributed by atoms with Gasteiger partial charge in [-0.05, 0) is 6.92 Å². The predicted molar refractivity (Wildman–Crippen MR) is 45.7 cm³/mol. The van der Waals surface area contributed by atoms with Crippen molar-refractivity contribution in [2.24, 2.45) is 5.73 Å². The van der Waals surface area contributed by atoms with Crippen LogP contribution in [0.3, 0.4) is 0 Å². The number of halogens is 3. The molecule has 3 N–H and O–H groups in total. The molecule has 0 radical (unpaired) electrons. The topological polar surface area (TPSA) is 47.3 Å². The fraction of sp³-hybridized carbons (Fsp3) is 1.00. The molecule has 0 bridgehead atoms. The van der Waals surface area contributed by atoms with Crippen LogP contribution in [0.15, 0.2) is 0 Å². The Hall–Kier alpha value is 0.750. The molecule has 1 aliphatic rings. The van der Waals surface area contributed by atoms with Gasteiger partial charge in [-0.2, -0.15) is 0 Å². The van der Waals surface area contributed by atoms with Crippen molar-refractivity contribution in [3.63, 3.8) is 0 Å². The monoisotopic (exact) mass is 218 g/mol. The Labute approximate surface area is 80.1 Å². The lowest BCUT2D eigenvalue weighted by Crippen LogP contribution is -2.44. The van der Waals surface area contributed by atoms with Crippen molar-refractivity contribution in [2.45, 2.75) is 29.2 Å². The van der Waals surface area contributed by atoms with Gasteiger partial charge in [0.2, 0.25) is 3.79 Å². The number of nitrogens with one attached hydrogen (secondary N) is 1. The van der Waals surface area contributed by atoms with E-state index in [-0.39, 0.29) is 12.3 Å². The maximum absolute atomic E-state index is 5.56. The zero-order valence-corrected chi connectivity index (χ0v) is 8.12. The summed E-state index contributed by atoms with van der Waals surface area (Å²) in [6, 6.07) is 0. The SMILES string of the molecule is CC1OC(C(Cl)(Cl)Cl)NC1N. The molecule has 1 fully saturated rings. The zero-order valence-electron chi connectivity index (χ0n) is 5.85. The van der Waals surface area contributed by atoms with Gasteiger partial charge < -0.3 is 10.5 Å². The van der Waals surface area contributed by atoms with Gasteiger partial charge in [-0.25, -0.2) is 0 Å². The molecule has 0 spiro atoms. The van der Waals surface area contributed by atoms with Crippen LogP contribution < -0.4 is 11.1 Å². The smallest absolute Gasteiger partial charge is 0.229 e. The molecule has 1 heterocycles. The van der Waals surface area contributed by atoms with Crippen molar-refractivity contribution in [1.82, 2.24) is 5.32 Å². The Kier molecular flexibility index (Phi) is 2.90. The van der Waals surface area contributed by atoms with Gasteiger partial charge in [0.1, 0.15) is 0 Å². The molecule has 0 aliphatic carbocycles. The van der Waals surface area contributed by atoms with Crippen molar-refractivity contribution in [3.8, 4) is 0 Å². The van der Waals surface area contributed by atoms with Crippen LogP contribution in [0.1, 0.15) is 6.92 Å². The maximum Gasteiger partial charge on any atom is 0.229 e. The van der Waals surface area contributed by atoms with Crippen LogP contribution >= 0.6 is 34.8 Å². The first-order valence-electron chi connectivity index (χ1n) is 3.15. The van der Waals surface area contributed by atoms with Gasteiger partial charge in [-0.1, -0.05) is 34.8 Å². The Balaban J connectivity index is 2.54. The summed E-state index contributed by atoms with van der Waals surface area (Å²) in [5.74, 6) is 0. The normalized spacial score (nSPS) is 39.5. The summed E-state index contributed by atoms with van der Waals surface area (Å²) in [7, 11) is 0. The van der Waals surface area contributed by atoms with Crippen LogP contribution in [0.5, 0.6) is 0 Å². The van der Waals surface area contributed by atoms with E-state index in [1.54, 1.807) is 0 Å². The van der Waals surface area contributed by atoms with E-state index in [4.69, 9.17) is 45.3 Å². The molecule has 0 aromatic rings. The first kappa shape index (κ1) is 9.84. The van der Waals surface area contributed by atoms with Crippen LogP contribution in [0.2, 0.25) is 0 Å². The van der Waals surface area contributed by atoms with Crippen LogP contribution in [0.25, 0.3) is 0 Å². The lowest BCUT2D eigenvalue weighted by atomic mass is 10.3. The van der Waals surface area contributed by atoms with E-state index in [1.807, 2.05) is 6.92 Å². The highest BCUT2D eigenvalue weighted by Crippen LogP contribution is 2.33. The minimum atomic E-state index is -1.46. The lowest BCUT2D eigenvalue weighted by Gasteiger charge is -2.18. The van der Waals surface area contributed by atoms with Crippen molar-refractivity contribution < 1.29 is 4.74 Å². The molecular weight excluding hydrogens is 210 g/mol. The molecule has 3 unspecified atom stereocenters. The summed E-state index contributed by atoms with van der Waals surface area (Å²) < 4.78 is 3.75. The summed E-state index contributed by atoms with van der Waals surface area (Å²) in [6.45, 7) is 1.81. The highest BCUT2D eigenvalue weighted by molar-refractivity contribution is 6.68. The molecule has 3 atom stereocenters. The highest BCUT2D eigenvalue weighted by Gasteiger charge is 2.41. The maximum atomic E-state index is 5.56. The van der Waals surface area contributed by atoms with Crippen molar-refractivity contribution in [2.75, 3.05) is 0 Å². The molecule has 1 aliphatic heterocycles. The van der Waals surface area contributed by atoms with E-state index in [0.29, 0.717) is 0 Å².